The van der Waals surface area contributed by atoms with Crippen LogP contribution in [-0.2, 0) is 6.42 Å². The van der Waals surface area contributed by atoms with Gasteiger partial charge >= 0.3 is 0 Å². The molecule has 0 spiro atoms. The van der Waals surface area contributed by atoms with Gasteiger partial charge in [-0.15, -0.1) is 11.3 Å². The van der Waals surface area contributed by atoms with E-state index in [1.165, 1.54) is 17.4 Å². The number of hydrogen-bond acceptors (Lipinski definition) is 3. The van der Waals surface area contributed by atoms with Crippen LogP contribution in [0.3, 0.4) is 0 Å². The van der Waals surface area contributed by atoms with Gasteiger partial charge in [0.1, 0.15) is 5.01 Å². The highest BCUT2D eigenvalue weighted by Crippen LogP contribution is 2.39. The highest BCUT2D eigenvalue weighted by atomic mass is 79.9. The molecule has 1 unspecified atom stereocenters. The summed E-state index contributed by atoms with van der Waals surface area (Å²) in [7, 11) is 0. The molecule has 100 valence electrons. The van der Waals surface area contributed by atoms with Gasteiger partial charge in [0.2, 0.25) is 0 Å². The first kappa shape index (κ1) is 13.1. The molecule has 1 aromatic heterocycles. The maximum atomic E-state index is 13.6. The number of rotatable bonds is 1. The number of hydrogen-bond donors (Lipinski definition) is 1. The maximum absolute atomic E-state index is 13.6. The summed E-state index contributed by atoms with van der Waals surface area (Å²) in [5, 5.41) is 0.688. The topological polar surface area (TPSA) is 38.9 Å². The van der Waals surface area contributed by atoms with Crippen molar-refractivity contribution < 1.29 is 8.78 Å². The van der Waals surface area contributed by atoms with Crippen LogP contribution in [0.4, 0.5) is 8.78 Å². The Kier molecular flexibility index (Phi) is 3.41. The molecule has 1 aliphatic rings. The lowest BCUT2D eigenvalue weighted by Gasteiger charge is -2.15. The van der Waals surface area contributed by atoms with Gasteiger partial charge in [0, 0.05) is 16.5 Å². The zero-order valence-corrected chi connectivity index (χ0v) is 12.3. The number of nitrogens with two attached hydrogens (primary N) is 1. The second-order valence-electron chi connectivity index (χ2n) is 4.55. The number of aromatic nitrogens is 1. The first-order valence-corrected chi connectivity index (χ1v) is 7.58. The molecule has 0 aliphatic heterocycles. The molecular formula is C13H11BrF2N2S. The van der Waals surface area contributed by atoms with E-state index in [1.807, 2.05) is 0 Å². The Morgan fingerprint density at radius 3 is 2.89 bits per heavy atom. The molecule has 1 aliphatic carbocycles. The molecule has 6 heteroatoms. The SMILES string of the molecule is NC1CCCc2nc(-c3ccc(F)c(F)c3Br)sc21. The molecule has 0 saturated heterocycles. The van der Waals surface area contributed by atoms with Crippen molar-refractivity contribution in [3.63, 3.8) is 0 Å². The summed E-state index contributed by atoms with van der Waals surface area (Å²) in [6.07, 6.45) is 2.88. The average Bonchev–Trinajstić information content (AvgIpc) is 2.81. The van der Waals surface area contributed by atoms with Crippen LogP contribution in [0, 0.1) is 11.6 Å². The third kappa shape index (κ3) is 2.22. The third-order valence-electron chi connectivity index (χ3n) is 3.26. The minimum absolute atomic E-state index is 0.0130. The zero-order valence-electron chi connectivity index (χ0n) is 9.92. The van der Waals surface area contributed by atoms with Crippen LogP contribution in [0.25, 0.3) is 10.6 Å². The van der Waals surface area contributed by atoms with Gasteiger partial charge in [-0.3, -0.25) is 0 Å². The molecule has 0 bridgehead atoms. The Morgan fingerprint density at radius 1 is 1.37 bits per heavy atom. The van der Waals surface area contributed by atoms with Crippen molar-refractivity contribution in [2.75, 3.05) is 0 Å². The fourth-order valence-corrected chi connectivity index (χ4v) is 4.08. The number of thiazole rings is 1. The molecule has 0 radical (unpaired) electrons. The third-order valence-corrected chi connectivity index (χ3v) is 5.30. The van der Waals surface area contributed by atoms with Gasteiger partial charge in [0.05, 0.1) is 10.2 Å². The zero-order chi connectivity index (χ0) is 13.6. The summed E-state index contributed by atoms with van der Waals surface area (Å²) in [5.74, 6) is -1.75. The Labute approximate surface area is 121 Å². The number of aryl methyl sites for hydroxylation is 1. The molecular weight excluding hydrogens is 334 g/mol. The van der Waals surface area contributed by atoms with Crippen LogP contribution >= 0.6 is 27.3 Å². The van der Waals surface area contributed by atoms with Crippen molar-refractivity contribution in [1.29, 1.82) is 0 Å². The molecule has 0 saturated carbocycles. The van der Waals surface area contributed by atoms with Crippen LogP contribution < -0.4 is 5.73 Å². The molecule has 2 N–H and O–H groups in total. The van der Waals surface area contributed by atoms with Gasteiger partial charge < -0.3 is 5.73 Å². The second kappa shape index (κ2) is 4.92. The molecule has 1 aromatic carbocycles. The molecule has 1 heterocycles. The number of benzene rings is 1. The standard InChI is InChI=1S/C13H11BrF2N2S/c14-10-6(4-5-7(15)11(10)16)13-18-9-3-1-2-8(17)12(9)19-13/h4-5,8H,1-3,17H2. The molecule has 0 fully saturated rings. The lowest BCUT2D eigenvalue weighted by molar-refractivity contribution is 0.504. The van der Waals surface area contributed by atoms with E-state index in [-0.39, 0.29) is 10.5 Å². The summed E-state index contributed by atoms with van der Waals surface area (Å²) >= 11 is 4.57. The molecule has 1 atom stereocenters. The molecule has 2 aromatic rings. The fraction of sp³-hybridized carbons (Fsp3) is 0.308. The van der Waals surface area contributed by atoms with E-state index in [4.69, 9.17) is 5.73 Å². The van der Waals surface area contributed by atoms with Gasteiger partial charge in [-0.2, -0.15) is 0 Å². The molecule has 2 nitrogen and oxygen atoms in total. The van der Waals surface area contributed by atoms with Crippen LogP contribution in [0.2, 0.25) is 0 Å². The summed E-state index contributed by atoms with van der Waals surface area (Å²) in [6.45, 7) is 0. The lowest BCUT2D eigenvalue weighted by Crippen LogP contribution is -2.15. The van der Waals surface area contributed by atoms with E-state index < -0.39 is 11.6 Å². The highest BCUT2D eigenvalue weighted by Gasteiger charge is 2.23. The quantitative estimate of drug-likeness (QED) is 0.788. The monoisotopic (exact) mass is 344 g/mol. The second-order valence-corrected chi connectivity index (χ2v) is 6.38. The Balaban J connectivity index is 2.11. The highest BCUT2D eigenvalue weighted by molar-refractivity contribution is 9.10. The normalized spacial score (nSPS) is 18.4. The lowest BCUT2D eigenvalue weighted by atomic mass is 9.99. The van der Waals surface area contributed by atoms with E-state index in [2.05, 4.69) is 20.9 Å². The van der Waals surface area contributed by atoms with E-state index >= 15 is 0 Å². The predicted octanol–water partition coefficient (Wildman–Crippen LogP) is 4.19. The van der Waals surface area contributed by atoms with Crippen molar-refractivity contribution >= 4 is 27.3 Å². The van der Waals surface area contributed by atoms with Gasteiger partial charge in [-0.1, -0.05) is 0 Å². The fourth-order valence-electron chi connectivity index (χ4n) is 2.26. The van der Waals surface area contributed by atoms with Crippen molar-refractivity contribution in [2.24, 2.45) is 5.73 Å². The first-order valence-electron chi connectivity index (χ1n) is 5.97. The summed E-state index contributed by atoms with van der Waals surface area (Å²) in [6, 6.07) is 2.67. The minimum atomic E-state index is -0.880. The van der Waals surface area contributed by atoms with Gasteiger partial charge in [-0.25, -0.2) is 13.8 Å². The Hall–Kier alpha value is -0.850. The molecule has 3 rings (SSSR count). The maximum Gasteiger partial charge on any atom is 0.173 e. The largest absolute Gasteiger partial charge is 0.323 e. The van der Waals surface area contributed by atoms with Crippen LogP contribution in [-0.4, -0.2) is 4.98 Å². The molecule has 0 amide bonds. The van der Waals surface area contributed by atoms with Crippen LogP contribution in [0.5, 0.6) is 0 Å². The summed E-state index contributed by atoms with van der Waals surface area (Å²) in [5.41, 5.74) is 7.62. The van der Waals surface area contributed by atoms with E-state index in [9.17, 15) is 8.78 Å². The Bertz CT molecular complexity index is 642. The average molecular weight is 345 g/mol. The molecule has 19 heavy (non-hydrogen) atoms. The number of halogens is 3. The van der Waals surface area contributed by atoms with Crippen molar-refractivity contribution in [3.8, 4) is 10.6 Å². The van der Waals surface area contributed by atoms with Crippen molar-refractivity contribution in [1.82, 2.24) is 4.98 Å². The summed E-state index contributed by atoms with van der Waals surface area (Å²) < 4.78 is 26.8. The first-order chi connectivity index (χ1) is 9.08. The van der Waals surface area contributed by atoms with Crippen molar-refractivity contribution in [2.45, 2.75) is 25.3 Å². The minimum Gasteiger partial charge on any atom is -0.323 e. The Morgan fingerprint density at radius 2 is 2.16 bits per heavy atom. The summed E-state index contributed by atoms with van der Waals surface area (Å²) in [4.78, 5) is 5.59. The van der Waals surface area contributed by atoms with Crippen LogP contribution in [0.15, 0.2) is 16.6 Å². The van der Waals surface area contributed by atoms with E-state index in [0.717, 1.165) is 35.9 Å². The smallest absolute Gasteiger partial charge is 0.173 e. The predicted molar refractivity (Wildman–Crippen MR) is 75.0 cm³/mol. The number of nitrogens with zero attached hydrogens (tertiary/aromatic N) is 1. The van der Waals surface area contributed by atoms with E-state index in [0.29, 0.717) is 10.6 Å². The van der Waals surface area contributed by atoms with Gasteiger partial charge in [0.25, 0.3) is 0 Å². The van der Waals surface area contributed by atoms with Gasteiger partial charge in [0.15, 0.2) is 11.6 Å². The number of fused-ring (bicyclic) bond motifs is 1. The van der Waals surface area contributed by atoms with Gasteiger partial charge in [-0.05, 0) is 47.3 Å². The van der Waals surface area contributed by atoms with Crippen molar-refractivity contribution in [3.05, 3.63) is 38.8 Å². The van der Waals surface area contributed by atoms with Crippen LogP contribution in [0.1, 0.15) is 29.5 Å². The van der Waals surface area contributed by atoms with E-state index in [1.54, 1.807) is 0 Å².